The van der Waals surface area contributed by atoms with E-state index in [1.165, 1.54) is 0 Å². The van der Waals surface area contributed by atoms with Crippen molar-refractivity contribution >= 4 is 82.2 Å². The maximum atomic E-state index is 6.72. The van der Waals surface area contributed by atoms with Gasteiger partial charge in [0.05, 0.1) is 16.7 Å². The van der Waals surface area contributed by atoms with Crippen LogP contribution in [0.3, 0.4) is 0 Å². The fraction of sp³-hybridized carbons (Fsp3) is 0. The van der Waals surface area contributed by atoms with E-state index < -0.39 is 0 Å². The maximum Gasteiger partial charge on any atom is 0.268 e. The summed E-state index contributed by atoms with van der Waals surface area (Å²) in [5.74, 6) is 1.85. The summed E-state index contributed by atoms with van der Waals surface area (Å²) < 4.78 is 26.1. The fourth-order valence-electron chi connectivity index (χ4n) is 8.61. The number of hydrogen-bond donors (Lipinski definition) is 0. The topological polar surface area (TPSA) is 61.6 Å². The van der Waals surface area contributed by atoms with Crippen LogP contribution < -0.4 is 9.30 Å². The molecule has 0 saturated heterocycles. The summed E-state index contributed by atoms with van der Waals surface area (Å²) in [5, 5.41) is 6.15. The quantitative estimate of drug-likeness (QED) is 0.128. The fourth-order valence-corrected chi connectivity index (χ4v) is 8.61. The Kier molecular flexibility index (Phi) is 6.47. The third-order valence-electron chi connectivity index (χ3n) is 10.9. The van der Waals surface area contributed by atoms with Crippen molar-refractivity contribution in [1.29, 1.82) is 0 Å². The van der Waals surface area contributed by atoms with Crippen LogP contribution in [0.1, 0.15) is 0 Å². The van der Waals surface area contributed by atoms with Crippen molar-refractivity contribution < 1.29 is 39.2 Å². The van der Waals surface area contributed by atoms with Crippen LogP contribution in [0.5, 0.6) is 11.5 Å². The standard InChI is InChI=1S/C48H24N4O3.Pt/c1-3-9-28(10-4-1)29-14-17-35-34(23-29)33-16-15-31(24-37(33)52(35)43-13-7-8-22-49-43)53-32-25-38-44-42(26-32)55-39-20-21-40-46(45(39)44)47-41(54-40)19-18-36-48(47)51(38)27-50(36)30-11-5-2-6-12-30;/h1-23,26H;/q-2;. The molecular formula is C48H24N4O3Pt-2. The first-order valence-electron chi connectivity index (χ1n) is 18.1. The number of fused-ring (bicyclic) bond motifs is 4. The summed E-state index contributed by atoms with van der Waals surface area (Å²) in [5.41, 5.74) is 11.1. The summed E-state index contributed by atoms with van der Waals surface area (Å²) in [4.78, 5) is 4.74. The smallest absolute Gasteiger partial charge is 0.268 e. The van der Waals surface area contributed by atoms with Crippen molar-refractivity contribution in [2.75, 3.05) is 0 Å². The maximum absolute atomic E-state index is 6.72. The van der Waals surface area contributed by atoms with Gasteiger partial charge in [-0.2, -0.15) is 6.07 Å². The van der Waals surface area contributed by atoms with Crippen molar-refractivity contribution in [2.24, 2.45) is 0 Å². The van der Waals surface area contributed by atoms with Crippen molar-refractivity contribution in [2.45, 2.75) is 0 Å². The van der Waals surface area contributed by atoms with Crippen LogP contribution in [0.4, 0.5) is 0 Å². The summed E-state index contributed by atoms with van der Waals surface area (Å²) in [6.45, 7) is 0. The van der Waals surface area contributed by atoms with Crippen LogP contribution in [0.25, 0.3) is 105 Å². The molecule has 0 amide bonds. The summed E-state index contributed by atoms with van der Waals surface area (Å²) in [6.07, 6.45) is 5.48. The van der Waals surface area contributed by atoms with Gasteiger partial charge in [-0.3, -0.25) is 4.57 Å². The number of furan rings is 2. The van der Waals surface area contributed by atoms with Crippen molar-refractivity contribution in [3.05, 3.63) is 164 Å². The number of para-hydroxylation sites is 1. The Morgan fingerprint density at radius 3 is 2.12 bits per heavy atom. The Hall–Kier alpha value is -6.95. The number of benzene rings is 7. The normalized spacial score (nSPS) is 12.1. The molecular weight excluding hydrogens is 876 g/mol. The molecule has 0 aliphatic heterocycles. The monoisotopic (exact) mass is 899 g/mol. The van der Waals surface area contributed by atoms with Crippen LogP contribution in [0, 0.1) is 18.5 Å². The second kappa shape index (κ2) is 11.5. The minimum atomic E-state index is 0. The van der Waals surface area contributed by atoms with Crippen molar-refractivity contribution in [1.82, 2.24) is 14.0 Å². The van der Waals surface area contributed by atoms with Crippen LogP contribution in [0.15, 0.2) is 155 Å². The second-order valence-electron chi connectivity index (χ2n) is 14.0. The first-order valence-corrected chi connectivity index (χ1v) is 18.1. The number of rotatable bonds is 5. The number of nitrogens with zero attached hydrogens (tertiary/aromatic N) is 4. The Bertz CT molecular complexity index is 3620. The molecule has 0 N–H and O–H groups in total. The zero-order chi connectivity index (χ0) is 35.8. The van der Waals surface area contributed by atoms with Crippen LogP contribution >= 0.6 is 0 Å². The molecule has 13 aromatic rings. The van der Waals surface area contributed by atoms with Crippen LogP contribution in [-0.4, -0.2) is 14.0 Å². The molecule has 7 aromatic carbocycles. The SMILES string of the molecule is [Pt].[c-]1c(Oc2[c-]c3c4c(c2)oc2ccc5oc6ccc7c(c6c5c24)n3[c-][n+]7-c2ccccc2)ccc2c3cc(-c4ccccc4)ccc3n(-c3ccccn3)c12. The van der Waals surface area contributed by atoms with Crippen LogP contribution in [-0.2, 0) is 21.1 Å². The molecule has 8 heteroatoms. The van der Waals surface area contributed by atoms with E-state index in [2.05, 4.69) is 98.7 Å². The predicted octanol–water partition coefficient (Wildman–Crippen LogP) is 11.4. The number of ether oxygens (including phenoxy) is 1. The largest absolute Gasteiger partial charge is 0.510 e. The minimum absolute atomic E-state index is 0. The molecule has 6 aromatic heterocycles. The van der Waals surface area contributed by atoms with E-state index in [4.69, 9.17) is 18.6 Å². The number of aromatic nitrogens is 4. The van der Waals surface area contributed by atoms with Gasteiger partial charge in [0.1, 0.15) is 22.6 Å². The minimum Gasteiger partial charge on any atom is -0.510 e. The van der Waals surface area contributed by atoms with Gasteiger partial charge in [-0.15, -0.1) is 23.6 Å². The third kappa shape index (κ3) is 4.26. The van der Waals surface area contributed by atoms with E-state index >= 15 is 0 Å². The summed E-state index contributed by atoms with van der Waals surface area (Å²) in [6, 6.07) is 54.6. The average Bonchev–Trinajstić information content (AvgIpc) is 3.98. The molecule has 0 spiro atoms. The second-order valence-corrected chi connectivity index (χ2v) is 14.0. The zero-order valence-electron chi connectivity index (χ0n) is 29.2. The Morgan fingerprint density at radius 2 is 1.30 bits per heavy atom. The summed E-state index contributed by atoms with van der Waals surface area (Å²) >= 11 is 0. The van der Waals surface area contributed by atoms with E-state index in [-0.39, 0.29) is 21.1 Å². The third-order valence-corrected chi connectivity index (χ3v) is 10.9. The van der Waals surface area contributed by atoms with Gasteiger partial charge in [0.25, 0.3) is 6.33 Å². The number of pyridine rings is 1. The number of imidazole rings is 1. The first-order chi connectivity index (χ1) is 27.2. The van der Waals surface area contributed by atoms with Gasteiger partial charge in [0.2, 0.25) is 0 Å². The van der Waals surface area contributed by atoms with E-state index in [0.29, 0.717) is 17.1 Å². The predicted molar refractivity (Wildman–Crippen MR) is 214 cm³/mol. The Morgan fingerprint density at radius 1 is 0.571 bits per heavy atom. The zero-order valence-corrected chi connectivity index (χ0v) is 31.5. The molecule has 0 unspecified atom stereocenters. The average molecular weight is 900 g/mol. The molecule has 0 saturated carbocycles. The molecule has 13 rings (SSSR count). The first kappa shape index (κ1) is 31.4. The van der Waals surface area contributed by atoms with Gasteiger partial charge < -0.3 is 22.5 Å². The molecule has 7 nitrogen and oxygen atoms in total. The van der Waals surface area contributed by atoms with Gasteiger partial charge in [-0.05, 0) is 82.0 Å². The van der Waals surface area contributed by atoms with E-state index in [1.807, 2.05) is 79.0 Å². The molecule has 0 aliphatic rings. The molecule has 56 heavy (non-hydrogen) atoms. The van der Waals surface area contributed by atoms with Gasteiger partial charge in [-0.1, -0.05) is 83.7 Å². The molecule has 6 heterocycles. The molecule has 0 atom stereocenters. The molecule has 0 radical (unpaired) electrons. The Balaban J connectivity index is 0.00000345. The molecule has 0 aliphatic carbocycles. The molecule has 266 valence electrons. The van der Waals surface area contributed by atoms with E-state index in [1.54, 1.807) is 0 Å². The molecule has 0 bridgehead atoms. The molecule has 0 fully saturated rings. The number of hydrogen-bond acceptors (Lipinski definition) is 4. The van der Waals surface area contributed by atoms with E-state index in [9.17, 15) is 0 Å². The Labute approximate surface area is 332 Å². The summed E-state index contributed by atoms with van der Waals surface area (Å²) in [7, 11) is 0. The van der Waals surface area contributed by atoms with Gasteiger partial charge in [-0.25, -0.2) is 4.98 Å². The van der Waals surface area contributed by atoms with E-state index in [0.717, 1.165) is 99.3 Å². The van der Waals surface area contributed by atoms with Crippen molar-refractivity contribution in [3.63, 3.8) is 0 Å². The van der Waals surface area contributed by atoms with Crippen LogP contribution in [0.2, 0.25) is 0 Å². The van der Waals surface area contributed by atoms with Crippen molar-refractivity contribution in [3.8, 4) is 34.1 Å². The van der Waals surface area contributed by atoms with Gasteiger partial charge in [0.15, 0.2) is 0 Å². The van der Waals surface area contributed by atoms with Gasteiger partial charge in [0, 0.05) is 60.6 Å². The van der Waals surface area contributed by atoms with Gasteiger partial charge >= 0.3 is 0 Å².